The Hall–Kier alpha value is -0.530. The van der Waals surface area contributed by atoms with E-state index >= 15 is 0 Å². The molecule has 0 aromatic heterocycles. The van der Waals surface area contributed by atoms with Gasteiger partial charge in [-0.25, -0.2) is 9.59 Å². The van der Waals surface area contributed by atoms with Gasteiger partial charge in [-0.1, -0.05) is 0 Å². The lowest BCUT2D eigenvalue weighted by molar-refractivity contribution is -0.167. The van der Waals surface area contributed by atoms with E-state index in [0.29, 0.717) is 0 Å². The maximum atomic E-state index is 11.9. The van der Waals surface area contributed by atoms with Gasteiger partial charge in [-0.05, 0) is 39.5 Å². The Morgan fingerprint density at radius 3 is 1.60 bits per heavy atom. The Kier molecular flexibility index (Phi) is 6.09. The van der Waals surface area contributed by atoms with Crippen LogP contribution >= 0.6 is 6.72 Å². The lowest BCUT2D eigenvalue weighted by Crippen LogP contribution is -2.40. The summed E-state index contributed by atoms with van der Waals surface area (Å²) in [6.07, 6.45) is -3.24. The molecule has 1 heterocycles. The van der Waals surface area contributed by atoms with Crippen LogP contribution in [0.5, 0.6) is 0 Å². The van der Waals surface area contributed by atoms with E-state index in [1.54, 1.807) is 27.7 Å². The van der Waals surface area contributed by atoms with Gasteiger partial charge in [0.15, 0.2) is 0 Å². The zero-order valence-electron chi connectivity index (χ0n) is 12.0. The minimum atomic E-state index is -3.13. The Morgan fingerprint density at radius 1 is 1.00 bits per heavy atom. The molecule has 116 valence electrons. The lowest BCUT2D eigenvalue weighted by Gasteiger charge is -2.17. The van der Waals surface area contributed by atoms with E-state index in [1.165, 1.54) is 7.11 Å². The molecule has 0 saturated carbocycles. The molecule has 0 N–H and O–H groups in total. The van der Waals surface area contributed by atoms with E-state index < -0.39 is 30.9 Å². The van der Waals surface area contributed by atoms with Crippen molar-refractivity contribution in [2.24, 2.45) is 0 Å². The average Bonchev–Trinajstić information content (AvgIpc) is 2.67. The fourth-order valence-electron chi connectivity index (χ4n) is 1.43. The van der Waals surface area contributed by atoms with Crippen LogP contribution in [0, 0.1) is 0 Å². The molecule has 0 amide bonds. The lowest BCUT2D eigenvalue weighted by atomic mass is 10.2. The normalized spacial score (nSPS) is 24.9. The van der Waals surface area contributed by atoms with E-state index in [1.807, 2.05) is 0 Å². The molecule has 0 bridgehead atoms. The monoisotopic (exact) mass is 326 g/mol. The molecule has 0 radical (unpaired) electrons. The van der Waals surface area contributed by atoms with E-state index in [9.17, 15) is 9.59 Å². The topological polar surface area (TPSA) is 80.3 Å². The summed E-state index contributed by atoms with van der Waals surface area (Å²) in [5.74, 6) is -1.45. The molecule has 0 aliphatic carbocycles. The number of rotatable bonds is 5. The fourth-order valence-corrected chi connectivity index (χ4v) is 3.16. The van der Waals surface area contributed by atoms with Gasteiger partial charge in [-0.15, -0.1) is 0 Å². The number of hydrogen-bond acceptors (Lipinski definition) is 8. The Balaban J connectivity index is 2.89. The fraction of sp³-hybridized carbons (Fsp3) is 0.818. The summed E-state index contributed by atoms with van der Waals surface area (Å²) in [7, 11) is 1.29. The molecule has 20 heavy (non-hydrogen) atoms. The Labute approximate surface area is 123 Å². The van der Waals surface area contributed by atoms with Gasteiger partial charge < -0.3 is 14.0 Å². The molecular weight excluding hydrogens is 307 g/mol. The van der Waals surface area contributed by atoms with Gasteiger partial charge in [-0.3, -0.25) is 9.05 Å². The minimum Gasteiger partial charge on any atom is -0.461 e. The van der Waals surface area contributed by atoms with Crippen molar-refractivity contribution in [3.05, 3.63) is 0 Å². The summed E-state index contributed by atoms with van der Waals surface area (Å²) >= 11 is 5.02. The van der Waals surface area contributed by atoms with Crippen molar-refractivity contribution in [2.45, 2.75) is 52.1 Å². The van der Waals surface area contributed by atoms with Gasteiger partial charge >= 0.3 is 18.7 Å². The molecule has 2 atom stereocenters. The van der Waals surface area contributed by atoms with Crippen molar-refractivity contribution in [1.82, 2.24) is 0 Å². The van der Waals surface area contributed by atoms with Crippen LogP contribution in [0.15, 0.2) is 0 Å². The van der Waals surface area contributed by atoms with E-state index in [0.717, 1.165) is 0 Å². The highest BCUT2D eigenvalue weighted by atomic mass is 32.5. The molecule has 1 saturated heterocycles. The third-order valence-electron chi connectivity index (χ3n) is 2.15. The van der Waals surface area contributed by atoms with E-state index in [-0.39, 0.29) is 12.2 Å². The highest BCUT2D eigenvalue weighted by Crippen LogP contribution is 2.57. The van der Waals surface area contributed by atoms with Crippen molar-refractivity contribution < 1.29 is 32.6 Å². The van der Waals surface area contributed by atoms with E-state index in [4.69, 9.17) is 34.9 Å². The van der Waals surface area contributed by atoms with Gasteiger partial charge in [0.25, 0.3) is 0 Å². The molecule has 9 heteroatoms. The first-order valence-corrected chi connectivity index (χ1v) is 8.67. The predicted octanol–water partition coefficient (Wildman–Crippen LogP) is 1.54. The number of esters is 2. The molecule has 0 aromatic carbocycles. The van der Waals surface area contributed by atoms with Gasteiger partial charge in [0, 0.05) is 7.11 Å². The maximum Gasteiger partial charge on any atom is 0.339 e. The molecule has 0 spiro atoms. The van der Waals surface area contributed by atoms with Gasteiger partial charge in [0.1, 0.15) is 0 Å². The Morgan fingerprint density at radius 2 is 1.35 bits per heavy atom. The summed E-state index contributed by atoms with van der Waals surface area (Å²) in [6.45, 7) is 3.60. The number of ether oxygens (including phenoxy) is 2. The first kappa shape index (κ1) is 17.5. The quantitative estimate of drug-likeness (QED) is 0.556. The summed E-state index contributed by atoms with van der Waals surface area (Å²) < 4.78 is 25.5. The molecule has 0 unspecified atom stereocenters. The van der Waals surface area contributed by atoms with Crippen LogP contribution in [0.25, 0.3) is 0 Å². The summed E-state index contributed by atoms with van der Waals surface area (Å²) in [5.41, 5.74) is 0. The van der Waals surface area contributed by atoms with Gasteiger partial charge in [-0.2, -0.15) is 0 Å². The largest absolute Gasteiger partial charge is 0.461 e. The van der Waals surface area contributed by atoms with Gasteiger partial charge in [0.2, 0.25) is 12.2 Å². The summed E-state index contributed by atoms with van der Waals surface area (Å²) in [5, 5.41) is 0. The highest BCUT2D eigenvalue weighted by molar-refractivity contribution is 8.07. The van der Waals surface area contributed by atoms with Crippen LogP contribution in [-0.4, -0.2) is 43.5 Å². The number of carbonyl (C=O) groups excluding carboxylic acids is 2. The summed E-state index contributed by atoms with van der Waals surface area (Å²) in [4.78, 5) is 23.9. The van der Waals surface area contributed by atoms with Crippen LogP contribution in [-0.2, 0) is 44.4 Å². The van der Waals surface area contributed by atoms with Gasteiger partial charge in [0.05, 0.1) is 12.2 Å². The molecule has 7 nitrogen and oxygen atoms in total. The average molecular weight is 326 g/mol. The molecular formula is C11H19O7PS. The third-order valence-corrected chi connectivity index (χ3v) is 4.53. The van der Waals surface area contributed by atoms with Crippen molar-refractivity contribution in [3.63, 3.8) is 0 Å². The van der Waals surface area contributed by atoms with Crippen LogP contribution < -0.4 is 0 Å². The first-order valence-electron chi connectivity index (χ1n) is 6.12. The van der Waals surface area contributed by atoms with Crippen molar-refractivity contribution in [1.29, 1.82) is 0 Å². The summed E-state index contributed by atoms with van der Waals surface area (Å²) in [6, 6.07) is 0. The van der Waals surface area contributed by atoms with Crippen molar-refractivity contribution >= 4 is 30.5 Å². The maximum absolute atomic E-state index is 11.9. The smallest absolute Gasteiger partial charge is 0.339 e. The minimum absolute atomic E-state index is 0.353. The van der Waals surface area contributed by atoms with Crippen LogP contribution in [0.3, 0.4) is 0 Å². The zero-order valence-corrected chi connectivity index (χ0v) is 13.7. The van der Waals surface area contributed by atoms with Crippen LogP contribution in [0.4, 0.5) is 0 Å². The van der Waals surface area contributed by atoms with Crippen molar-refractivity contribution in [3.8, 4) is 0 Å². The number of carbonyl (C=O) groups is 2. The van der Waals surface area contributed by atoms with E-state index in [2.05, 4.69) is 0 Å². The number of hydrogen-bond donors (Lipinski definition) is 0. The van der Waals surface area contributed by atoms with Crippen LogP contribution in [0.1, 0.15) is 27.7 Å². The molecule has 1 aliphatic rings. The highest BCUT2D eigenvalue weighted by Gasteiger charge is 2.51. The first-order chi connectivity index (χ1) is 9.18. The molecule has 1 fully saturated rings. The SMILES string of the molecule is COP1(=S)O[C@H](C(=O)OC(C)C)[C@@H](C(=O)OC(C)C)O1. The standard InChI is InChI=1S/C11H19O7PS/c1-6(2)15-10(12)8-9(11(13)16-7(3)4)18-19(20,14-5)17-8/h6-9H,1-5H3/t8-,9-/m0/s1. The second-order valence-electron chi connectivity index (χ2n) is 4.65. The zero-order chi connectivity index (χ0) is 15.5. The Bertz CT molecular complexity index is 389. The second-order valence-corrected chi connectivity index (χ2v) is 7.68. The molecule has 1 rings (SSSR count). The molecule has 0 aromatic rings. The van der Waals surface area contributed by atoms with Crippen molar-refractivity contribution in [2.75, 3.05) is 7.11 Å². The predicted molar refractivity (Wildman–Crippen MR) is 73.5 cm³/mol. The molecule has 1 aliphatic heterocycles. The third kappa shape index (κ3) is 4.49. The van der Waals surface area contributed by atoms with Crippen LogP contribution in [0.2, 0.25) is 0 Å². The second kappa shape index (κ2) is 6.95.